The lowest BCUT2D eigenvalue weighted by Crippen LogP contribution is -2.24. The largest absolute Gasteiger partial charge is 0.461 e. The van der Waals surface area contributed by atoms with Crippen molar-refractivity contribution in [2.24, 2.45) is 0 Å². The first-order valence-electron chi connectivity index (χ1n) is 12.5. The number of esters is 4. The smallest absolute Gasteiger partial charge is 0.317 e. The van der Waals surface area contributed by atoms with Crippen LogP contribution in [0.1, 0.15) is 72.4 Å². The summed E-state index contributed by atoms with van der Waals surface area (Å²) in [7, 11) is 0. The quantitative estimate of drug-likeness (QED) is 0.194. The van der Waals surface area contributed by atoms with Crippen LogP contribution in [0.25, 0.3) is 0 Å². The third-order valence-corrected chi connectivity index (χ3v) is 4.47. The van der Waals surface area contributed by atoms with Gasteiger partial charge in [-0.15, -0.1) is 0 Å². The van der Waals surface area contributed by atoms with E-state index in [1.807, 2.05) is 81.4 Å². The predicted molar refractivity (Wildman–Crippen MR) is 153 cm³/mol. The van der Waals surface area contributed by atoms with Crippen molar-refractivity contribution in [1.29, 1.82) is 0 Å². The number of rotatable bonds is 8. The van der Waals surface area contributed by atoms with Crippen molar-refractivity contribution in [3.8, 4) is 0 Å². The molecule has 2 aromatic rings. The number of carbonyl (C=O) groups excluding carboxylic acids is 4. The summed E-state index contributed by atoms with van der Waals surface area (Å²) in [5.74, 6) is -1.24. The molecular weight excluding hydrogens is 568 g/mol. The van der Waals surface area contributed by atoms with Gasteiger partial charge in [0.15, 0.2) is 0 Å². The van der Waals surface area contributed by atoms with Gasteiger partial charge in [0.2, 0.25) is 0 Å². The predicted octanol–water partition coefficient (Wildman–Crippen LogP) is 6.32. The minimum atomic E-state index is -0.523. The van der Waals surface area contributed by atoms with Gasteiger partial charge in [0, 0.05) is 6.92 Å². The van der Waals surface area contributed by atoms with E-state index in [0.29, 0.717) is 6.61 Å². The number of hydrogen-bond donors (Lipinski definition) is 0. The van der Waals surface area contributed by atoms with Gasteiger partial charge >= 0.3 is 23.9 Å². The number of halogens is 1. The maximum atomic E-state index is 11.5. The molecule has 0 saturated carbocycles. The zero-order valence-electron chi connectivity index (χ0n) is 24.0. The second kappa shape index (κ2) is 19.0. The Morgan fingerprint density at radius 3 is 1.36 bits per heavy atom. The second-order valence-corrected chi connectivity index (χ2v) is 10.8. The minimum absolute atomic E-state index is 0.0434. The average Bonchev–Trinajstić information content (AvgIpc) is 2.85. The van der Waals surface area contributed by atoms with Gasteiger partial charge in [-0.25, -0.2) is 0 Å². The number of ether oxygens (including phenoxy) is 4. The molecule has 0 atom stereocenters. The molecule has 0 N–H and O–H groups in total. The van der Waals surface area contributed by atoms with Crippen molar-refractivity contribution in [2.75, 3.05) is 5.33 Å². The maximum absolute atomic E-state index is 11.5. The van der Waals surface area contributed by atoms with Gasteiger partial charge in [-0.2, -0.15) is 0 Å². The van der Waals surface area contributed by atoms with Gasteiger partial charge in [-0.1, -0.05) is 76.6 Å². The van der Waals surface area contributed by atoms with Crippen molar-refractivity contribution in [2.45, 2.75) is 85.7 Å². The third kappa shape index (κ3) is 23.6. The van der Waals surface area contributed by atoms with Crippen LogP contribution in [0.15, 0.2) is 60.7 Å². The Kier molecular flexibility index (Phi) is 17.4. The molecule has 9 heteroatoms. The highest BCUT2D eigenvalue weighted by Gasteiger charge is 2.17. The number of alkyl halides is 1. The molecule has 0 aromatic heterocycles. The molecule has 0 aliphatic heterocycles. The van der Waals surface area contributed by atoms with Crippen molar-refractivity contribution >= 4 is 39.8 Å². The Balaban J connectivity index is 0.000000612. The van der Waals surface area contributed by atoms with Crippen LogP contribution in [0.2, 0.25) is 0 Å². The van der Waals surface area contributed by atoms with Crippen LogP contribution in [-0.4, -0.2) is 40.4 Å². The molecule has 0 fully saturated rings. The van der Waals surface area contributed by atoms with Crippen molar-refractivity contribution in [3.05, 3.63) is 71.8 Å². The zero-order valence-corrected chi connectivity index (χ0v) is 25.5. The van der Waals surface area contributed by atoms with Crippen LogP contribution >= 0.6 is 15.9 Å². The SMILES string of the molecule is CC(=O)OCc1ccccc1.CC(C)(C)OC(=O)CBr.CC(C)(C)OC(=O)CCC(=O)OCc1ccccc1. The topological polar surface area (TPSA) is 105 Å². The summed E-state index contributed by atoms with van der Waals surface area (Å²) in [5.41, 5.74) is 1.06. The summed E-state index contributed by atoms with van der Waals surface area (Å²) < 4.78 is 19.9. The standard InChI is InChI=1S/C15H20O4.C9H10O2.C6H11BrO2/c1-15(2,3)19-14(17)10-9-13(16)18-11-12-7-5-4-6-8-12;1-8(10)11-7-9-5-3-2-4-6-9;1-6(2,3)9-5(8)4-7/h4-8H,9-11H2,1-3H3;2-6H,7H2,1H3;4H2,1-3H3. The molecular formula is C30H41BrO8. The molecule has 39 heavy (non-hydrogen) atoms. The lowest BCUT2D eigenvalue weighted by atomic mass is 10.2. The van der Waals surface area contributed by atoms with Crippen LogP contribution in [0.4, 0.5) is 0 Å². The van der Waals surface area contributed by atoms with Crippen LogP contribution in [0.5, 0.6) is 0 Å². The summed E-state index contributed by atoms with van der Waals surface area (Å²) in [6.45, 7) is 12.9. The van der Waals surface area contributed by atoms with Gasteiger partial charge in [0.1, 0.15) is 29.7 Å². The van der Waals surface area contributed by atoms with E-state index < -0.39 is 11.6 Å². The summed E-state index contributed by atoms with van der Waals surface area (Å²) in [4.78, 5) is 43.8. The maximum Gasteiger partial charge on any atom is 0.317 e. The Morgan fingerprint density at radius 1 is 0.615 bits per heavy atom. The molecule has 0 spiro atoms. The van der Waals surface area contributed by atoms with E-state index in [0.717, 1.165) is 11.1 Å². The van der Waals surface area contributed by atoms with Gasteiger partial charge < -0.3 is 18.9 Å². The molecule has 0 aliphatic carbocycles. The van der Waals surface area contributed by atoms with Gasteiger partial charge in [0.05, 0.1) is 12.8 Å². The minimum Gasteiger partial charge on any atom is -0.461 e. The van der Waals surface area contributed by atoms with E-state index in [-0.39, 0.29) is 48.3 Å². The molecule has 2 rings (SSSR count). The van der Waals surface area contributed by atoms with Crippen LogP contribution in [0.3, 0.4) is 0 Å². The summed E-state index contributed by atoms with van der Waals surface area (Å²) in [5, 5.41) is 0.268. The van der Waals surface area contributed by atoms with Crippen molar-refractivity contribution in [1.82, 2.24) is 0 Å². The second-order valence-electron chi connectivity index (χ2n) is 10.2. The molecule has 0 unspecified atom stereocenters. The highest BCUT2D eigenvalue weighted by atomic mass is 79.9. The summed E-state index contributed by atoms with van der Waals surface area (Å²) in [6, 6.07) is 19.0. The highest BCUT2D eigenvalue weighted by Crippen LogP contribution is 2.10. The monoisotopic (exact) mass is 608 g/mol. The Hall–Kier alpha value is -3.20. The van der Waals surface area contributed by atoms with E-state index in [9.17, 15) is 19.2 Å². The number of carbonyl (C=O) groups is 4. The lowest BCUT2D eigenvalue weighted by molar-refractivity contribution is -0.158. The molecule has 0 amide bonds. The van der Waals surface area contributed by atoms with Crippen molar-refractivity contribution in [3.63, 3.8) is 0 Å². The normalized spacial score (nSPS) is 10.5. The van der Waals surface area contributed by atoms with Crippen LogP contribution in [-0.2, 0) is 51.3 Å². The summed E-state index contributed by atoms with van der Waals surface area (Å²) >= 11 is 2.99. The van der Waals surface area contributed by atoms with E-state index >= 15 is 0 Å². The van der Waals surface area contributed by atoms with Gasteiger partial charge in [0.25, 0.3) is 0 Å². The fraction of sp³-hybridized carbons (Fsp3) is 0.467. The fourth-order valence-corrected chi connectivity index (χ4v) is 2.65. The molecule has 0 saturated heterocycles. The highest BCUT2D eigenvalue weighted by molar-refractivity contribution is 9.09. The molecule has 8 nitrogen and oxygen atoms in total. The van der Waals surface area contributed by atoms with Gasteiger partial charge in [-0.05, 0) is 52.7 Å². The van der Waals surface area contributed by atoms with E-state index in [1.54, 1.807) is 20.8 Å². The van der Waals surface area contributed by atoms with E-state index in [1.165, 1.54) is 6.92 Å². The van der Waals surface area contributed by atoms with Crippen LogP contribution in [0, 0.1) is 0 Å². The van der Waals surface area contributed by atoms with E-state index in [2.05, 4.69) is 15.9 Å². The first kappa shape index (κ1) is 35.8. The molecule has 2 aromatic carbocycles. The molecule has 0 radical (unpaired) electrons. The third-order valence-electron chi connectivity index (χ3n) is 4.01. The first-order chi connectivity index (χ1) is 18.1. The van der Waals surface area contributed by atoms with Crippen LogP contribution < -0.4 is 0 Å². The van der Waals surface area contributed by atoms with E-state index in [4.69, 9.17) is 18.9 Å². The zero-order chi connectivity index (χ0) is 29.9. The molecule has 0 heterocycles. The molecule has 216 valence electrons. The Morgan fingerprint density at radius 2 is 1.00 bits per heavy atom. The first-order valence-corrected chi connectivity index (χ1v) is 13.6. The Labute approximate surface area is 240 Å². The fourth-order valence-electron chi connectivity index (χ4n) is 2.53. The van der Waals surface area contributed by atoms with Crippen molar-refractivity contribution < 1.29 is 38.1 Å². The molecule has 0 bridgehead atoms. The average molecular weight is 610 g/mol. The molecule has 0 aliphatic rings. The Bertz CT molecular complexity index is 993. The number of hydrogen-bond acceptors (Lipinski definition) is 8. The van der Waals surface area contributed by atoms with Gasteiger partial charge in [-0.3, -0.25) is 19.2 Å². The summed E-state index contributed by atoms with van der Waals surface area (Å²) in [6.07, 6.45) is 0.0899. The lowest BCUT2D eigenvalue weighted by Gasteiger charge is -2.19. The number of benzene rings is 2.